The van der Waals surface area contributed by atoms with Gasteiger partial charge in [0.15, 0.2) is 12.2 Å². The summed E-state index contributed by atoms with van der Waals surface area (Å²) in [7, 11) is -9.97. The fraction of sp³-hybridized carbons (Fsp3) is 0.688. The Morgan fingerprint density at radius 1 is 0.312 bits per heavy atom. The van der Waals surface area contributed by atoms with Crippen molar-refractivity contribution in [3.05, 3.63) is 122 Å². The molecular weight excluding hydrogens is 1260 g/mol. The zero-order valence-electron chi connectivity index (χ0n) is 59.8. The molecule has 96 heavy (non-hydrogen) atoms. The molecule has 0 saturated carbocycles. The number of phosphoric ester groups is 2. The number of phosphoric acid groups is 2. The van der Waals surface area contributed by atoms with Gasteiger partial charge in [-0.25, -0.2) is 9.13 Å². The van der Waals surface area contributed by atoms with Crippen LogP contribution in [0.4, 0.5) is 0 Å². The zero-order chi connectivity index (χ0) is 70.4. The lowest BCUT2D eigenvalue weighted by Crippen LogP contribution is -2.30. The van der Waals surface area contributed by atoms with E-state index in [-0.39, 0.29) is 25.7 Å². The Hall–Kier alpha value is -4.54. The van der Waals surface area contributed by atoms with Crippen molar-refractivity contribution in [3.8, 4) is 0 Å². The number of hydrogen-bond donors (Lipinski definition) is 3. The second kappa shape index (κ2) is 69.0. The van der Waals surface area contributed by atoms with Crippen molar-refractivity contribution in [1.29, 1.82) is 0 Å². The van der Waals surface area contributed by atoms with Gasteiger partial charge >= 0.3 is 39.5 Å². The largest absolute Gasteiger partial charge is 0.472 e. The van der Waals surface area contributed by atoms with E-state index in [4.69, 9.17) is 37.0 Å². The van der Waals surface area contributed by atoms with Gasteiger partial charge in [0.25, 0.3) is 0 Å². The van der Waals surface area contributed by atoms with E-state index < -0.39 is 97.5 Å². The molecule has 0 bridgehead atoms. The average molecular weight is 1390 g/mol. The molecule has 0 aliphatic heterocycles. The normalized spacial score (nSPS) is 14.7. The summed E-state index contributed by atoms with van der Waals surface area (Å²) in [5.74, 6) is -2.36. The summed E-state index contributed by atoms with van der Waals surface area (Å²) < 4.78 is 68.1. The number of aliphatic hydroxyl groups is 1. The first-order valence-corrected chi connectivity index (χ1v) is 39.8. The standard InChI is InChI=1S/C77H130O17P2/c1-5-9-13-17-21-25-29-31-33-34-35-36-38-40-44-46-50-54-58-62-75(80)88-68-73(94-77(82)64-60-56-52-48-42-28-24-20-16-12-8-4)70-92-96(85,86)90-66-71(78)65-89-95(83,84)91-69-72(93-76(81)63-59-55-51-47-41-27-23-19-15-11-7-3)67-87-74(79)61-57-53-49-45-43-39-37-32-30-26-22-18-14-10-6-2/h10,14,19-26,31-33,35-37,43,45,53,57,71-73,78H,5-9,11-13,15-18,27-30,34,38-42,44,46-52,54-56,58-70H2,1-4H3,(H,83,84)(H,85,86)/b14-10-,23-19-,24-20-,25-21-,26-22-,33-31-,36-35-,37-32-,45-43-,57-53-. The SMILES string of the molecule is CC/C=C\C/C=C\C/C=C\C/C=C\C/C=C\CC(=O)OCC(COP(=O)(O)OCC(O)COP(=O)(O)OCC(COC(=O)CCCCCCCC/C=C\C/C=C\C/C=C\CCCCC)OC(=O)CCCCCCC/C=C\CCCC)OC(=O)CCCCCCC/C=C\CCCC. The van der Waals surface area contributed by atoms with Crippen molar-refractivity contribution in [2.24, 2.45) is 0 Å². The minimum atomic E-state index is -4.99. The van der Waals surface area contributed by atoms with E-state index >= 15 is 0 Å². The Labute approximate surface area is 581 Å². The molecule has 0 amide bonds. The van der Waals surface area contributed by atoms with E-state index in [1.807, 2.05) is 18.2 Å². The summed E-state index contributed by atoms with van der Waals surface area (Å²) >= 11 is 0. The molecule has 0 aromatic heterocycles. The van der Waals surface area contributed by atoms with Crippen molar-refractivity contribution in [3.63, 3.8) is 0 Å². The Morgan fingerprint density at radius 2 is 0.594 bits per heavy atom. The lowest BCUT2D eigenvalue weighted by Gasteiger charge is -2.21. The van der Waals surface area contributed by atoms with Gasteiger partial charge in [0.2, 0.25) is 0 Å². The Kier molecular flexibility index (Phi) is 65.7. The Morgan fingerprint density at radius 3 is 0.969 bits per heavy atom. The van der Waals surface area contributed by atoms with Crippen LogP contribution in [0.5, 0.6) is 0 Å². The minimum absolute atomic E-state index is 0.0627. The molecule has 0 aromatic carbocycles. The third kappa shape index (κ3) is 68.0. The maximum Gasteiger partial charge on any atom is 0.472 e. The third-order valence-electron chi connectivity index (χ3n) is 14.9. The van der Waals surface area contributed by atoms with Crippen LogP contribution in [-0.4, -0.2) is 96.7 Å². The molecule has 5 unspecified atom stereocenters. The summed E-state index contributed by atoms with van der Waals surface area (Å²) in [6.45, 7) is 4.48. The van der Waals surface area contributed by atoms with Crippen LogP contribution in [0, 0.1) is 0 Å². The monoisotopic (exact) mass is 1390 g/mol. The van der Waals surface area contributed by atoms with E-state index in [1.54, 1.807) is 6.08 Å². The minimum Gasteiger partial charge on any atom is -0.462 e. The summed E-state index contributed by atoms with van der Waals surface area (Å²) in [5, 5.41) is 10.6. The number of aliphatic hydroxyl groups excluding tert-OH is 1. The van der Waals surface area contributed by atoms with Crippen LogP contribution in [-0.2, 0) is 65.4 Å². The highest BCUT2D eigenvalue weighted by Gasteiger charge is 2.30. The average Bonchev–Trinajstić information content (AvgIpc) is 1.56. The van der Waals surface area contributed by atoms with Crippen molar-refractivity contribution >= 4 is 39.5 Å². The van der Waals surface area contributed by atoms with Crippen molar-refractivity contribution < 1.29 is 80.2 Å². The number of hydrogen-bond acceptors (Lipinski definition) is 15. The van der Waals surface area contributed by atoms with Gasteiger partial charge in [-0.2, -0.15) is 0 Å². The van der Waals surface area contributed by atoms with E-state index in [9.17, 15) is 43.2 Å². The molecule has 0 aromatic rings. The number of esters is 4. The maximum atomic E-state index is 13.0. The van der Waals surface area contributed by atoms with Gasteiger partial charge in [-0.05, 0) is 128 Å². The van der Waals surface area contributed by atoms with E-state index in [0.717, 1.165) is 161 Å². The molecule has 17 nitrogen and oxygen atoms in total. The first-order chi connectivity index (χ1) is 46.7. The van der Waals surface area contributed by atoms with E-state index in [2.05, 4.69) is 125 Å². The molecule has 0 fully saturated rings. The van der Waals surface area contributed by atoms with Crippen LogP contribution >= 0.6 is 15.6 Å². The summed E-state index contributed by atoms with van der Waals surface area (Å²) in [4.78, 5) is 72.6. The highest BCUT2D eigenvalue weighted by atomic mass is 31.2. The number of rotatable bonds is 68. The second-order valence-corrected chi connectivity index (χ2v) is 27.1. The zero-order valence-corrected chi connectivity index (χ0v) is 61.5. The number of allylic oxidation sites excluding steroid dienone is 19. The van der Waals surface area contributed by atoms with Gasteiger partial charge in [0.05, 0.1) is 32.8 Å². The first-order valence-electron chi connectivity index (χ1n) is 36.8. The lowest BCUT2D eigenvalue weighted by molar-refractivity contribution is -0.161. The van der Waals surface area contributed by atoms with Crippen molar-refractivity contribution in [2.45, 2.75) is 303 Å². The molecule has 0 spiro atoms. The molecule has 19 heteroatoms. The predicted molar refractivity (Wildman–Crippen MR) is 390 cm³/mol. The molecule has 5 atom stereocenters. The number of ether oxygens (including phenoxy) is 4. The fourth-order valence-corrected chi connectivity index (χ4v) is 10.8. The molecule has 0 aliphatic rings. The lowest BCUT2D eigenvalue weighted by atomic mass is 10.1. The molecule has 0 aliphatic carbocycles. The predicted octanol–water partition coefficient (Wildman–Crippen LogP) is 20.8. The van der Waals surface area contributed by atoms with Gasteiger partial charge in [0, 0.05) is 19.3 Å². The molecule has 0 rings (SSSR count). The van der Waals surface area contributed by atoms with Gasteiger partial charge in [-0.1, -0.05) is 252 Å². The highest BCUT2D eigenvalue weighted by Crippen LogP contribution is 2.45. The number of carbonyl (C=O) groups is 4. The molecular formula is C77H130O17P2. The van der Waals surface area contributed by atoms with E-state index in [1.165, 1.54) is 44.9 Å². The van der Waals surface area contributed by atoms with Crippen LogP contribution < -0.4 is 0 Å². The molecule has 0 heterocycles. The van der Waals surface area contributed by atoms with Crippen LogP contribution in [0.25, 0.3) is 0 Å². The Balaban J connectivity index is 5.36. The van der Waals surface area contributed by atoms with Gasteiger partial charge in [-0.15, -0.1) is 0 Å². The third-order valence-corrected chi connectivity index (χ3v) is 16.8. The topological polar surface area (TPSA) is 237 Å². The smallest absolute Gasteiger partial charge is 0.462 e. The molecule has 3 N–H and O–H groups in total. The second-order valence-electron chi connectivity index (χ2n) is 24.2. The first kappa shape index (κ1) is 91.5. The van der Waals surface area contributed by atoms with Crippen LogP contribution in [0.2, 0.25) is 0 Å². The van der Waals surface area contributed by atoms with Crippen LogP contribution in [0.3, 0.4) is 0 Å². The van der Waals surface area contributed by atoms with Crippen molar-refractivity contribution in [2.75, 3.05) is 39.6 Å². The summed E-state index contributed by atoms with van der Waals surface area (Å²) in [6.07, 6.45) is 73.8. The van der Waals surface area contributed by atoms with Crippen LogP contribution in [0.1, 0.15) is 285 Å². The van der Waals surface area contributed by atoms with Crippen molar-refractivity contribution in [1.82, 2.24) is 0 Å². The fourth-order valence-electron chi connectivity index (χ4n) is 9.26. The van der Waals surface area contributed by atoms with Crippen LogP contribution in [0.15, 0.2) is 122 Å². The molecule has 550 valence electrons. The number of unbranched alkanes of at least 4 members (excludes halogenated alkanes) is 23. The van der Waals surface area contributed by atoms with Gasteiger partial charge in [-0.3, -0.25) is 37.3 Å². The van der Waals surface area contributed by atoms with Gasteiger partial charge in [0.1, 0.15) is 19.3 Å². The van der Waals surface area contributed by atoms with Gasteiger partial charge < -0.3 is 33.8 Å². The molecule has 0 radical (unpaired) electrons. The highest BCUT2D eigenvalue weighted by molar-refractivity contribution is 7.47. The maximum absolute atomic E-state index is 13.0. The summed E-state index contributed by atoms with van der Waals surface area (Å²) in [5.41, 5.74) is 0. The number of carbonyl (C=O) groups excluding carboxylic acids is 4. The summed E-state index contributed by atoms with van der Waals surface area (Å²) in [6, 6.07) is 0. The quantitative estimate of drug-likeness (QED) is 0.0169. The Bertz CT molecular complexity index is 2300. The van der Waals surface area contributed by atoms with E-state index in [0.29, 0.717) is 25.7 Å². The molecule has 0 saturated heterocycles.